The normalized spacial score (nSPS) is 18.7. The Hall–Kier alpha value is -3.02. The highest BCUT2D eigenvalue weighted by Crippen LogP contribution is 2.27. The lowest BCUT2D eigenvalue weighted by Crippen LogP contribution is -2.32. The monoisotopic (exact) mass is 352 g/mol. The van der Waals surface area contributed by atoms with Crippen molar-refractivity contribution < 1.29 is 19.1 Å². The van der Waals surface area contributed by atoms with E-state index < -0.39 is 0 Å². The van der Waals surface area contributed by atoms with Gasteiger partial charge in [0.25, 0.3) is 0 Å². The van der Waals surface area contributed by atoms with Gasteiger partial charge in [0.2, 0.25) is 5.91 Å². The number of anilines is 1. The minimum Gasteiger partial charge on any atom is -0.492 e. The van der Waals surface area contributed by atoms with Crippen molar-refractivity contribution in [2.24, 2.45) is 5.92 Å². The van der Waals surface area contributed by atoms with Gasteiger partial charge in [0.1, 0.15) is 19.0 Å². The van der Waals surface area contributed by atoms with Gasteiger partial charge in [0, 0.05) is 12.2 Å². The van der Waals surface area contributed by atoms with Crippen molar-refractivity contribution >= 4 is 17.7 Å². The van der Waals surface area contributed by atoms with E-state index in [1.54, 1.807) is 4.90 Å². The Morgan fingerprint density at radius 1 is 1.15 bits per heavy atom. The van der Waals surface area contributed by atoms with Gasteiger partial charge in [-0.15, -0.1) is 0 Å². The van der Waals surface area contributed by atoms with E-state index in [1.807, 2.05) is 48.5 Å². The molecule has 4 rings (SSSR count). The van der Waals surface area contributed by atoms with E-state index in [2.05, 4.69) is 5.32 Å². The van der Waals surface area contributed by atoms with Crippen LogP contribution >= 0.6 is 0 Å². The summed E-state index contributed by atoms with van der Waals surface area (Å²) in [6.07, 6.45) is 0.374. The maximum absolute atomic E-state index is 12.6. The van der Waals surface area contributed by atoms with Crippen molar-refractivity contribution in [1.29, 1.82) is 0 Å². The molecule has 0 bridgehead atoms. The zero-order chi connectivity index (χ0) is 17.9. The lowest BCUT2D eigenvalue weighted by molar-refractivity contribution is -0.121. The number of amides is 2. The summed E-state index contributed by atoms with van der Waals surface area (Å²) >= 11 is 0. The molecule has 6 heteroatoms. The van der Waals surface area contributed by atoms with Crippen molar-refractivity contribution in [3.05, 3.63) is 59.7 Å². The molecule has 0 spiro atoms. The van der Waals surface area contributed by atoms with Gasteiger partial charge in [-0.2, -0.15) is 0 Å². The number of nitrogens with zero attached hydrogens (tertiary/aromatic N) is 1. The van der Waals surface area contributed by atoms with Gasteiger partial charge in [0.05, 0.1) is 12.5 Å². The van der Waals surface area contributed by atoms with Crippen molar-refractivity contribution in [2.45, 2.75) is 13.0 Å². The van der Waals surface area contributed by atoms with Gasteiger partial charge in [-0.05, 0) is 35.7 Å². The summed E-state index contributed by atoms with van der Waals surface area (Å²) in [4.78, 5) is 25.8. The molecular weight excluding hydrogens is 332 g/mol. The second-order valence-electron chi connectivity index (χ2n) is 6.55. The van der Waals surface area contributed by atoms with Crippen LogP contribution in [-0.4, -0.2) is 36.7 Å². The number of benzene rings is 2. The predicted octanol–water partition coefficient (Wildman–Crippen LogP) is 2.83. The zero-order valence-corrected chi connectivity index (χ0v) is 14.3. The van der Waals surface area contributed by atoms with Crippen molar-refractivity contribution in [3.63, 3.8) is 0 Å². The second kappa shape index (κ2) is 7.07. The van der Waals surface area contributed by atoms with Gasteiger partial charge >= 0.3 is 6.09 Å². The fourth-order valence-corrected chi connectivity index (χ4v) is 3.28. The van der Waals surface area contributed by atoms with Crippen molar-refractivity contribution in [1.82, 2.24) is 4.90 Å². The predicted molar refractivity (Wildman–Crippen MR) is 96.0 cm³/mol. The molecule has 2 aromatic rings. The number of rotatable bonds is 4. The van der Waals surface area contributed by atoms with Crippen LogP contribution in [0.2, 0.25) is 0 Å². The summed E-state index contributed by atoms with van der Waals surface area (Å²) in [6.45, 7) is 1.87. The average molecular weight is 352 g/mol. The molecule has 6 nitrogen and oxygen atoms in total. The van der Waals surface area contributed by atoms with Crippen LogP contribution in [-0.2, 0) is 22.5 Å². The molecule has 2 heterocycles. The first-order valence-electron chi connectivity index (χ1n) is 8.71. The highest BCUT2D eigenvalue weighted by Gasteiger charge is 2.26. The number of cyclic esters (lactones) is 1. The van der Waals surface area contributed by atoms with Crippen LogP contribution in [0.5, 0.6) is 5.75 Å². The molecule has 1 saturated heterocycles. The van der Waals surface area contributed by atoms with Crippen LogP contribution in [0.3, 0.4) is 0 Å². The summed E-state index contributed by atoms with van der Waals surface area (Å²) in [5.41, 5.74) is 2.73. The lowest BCUT2D eigenvalue weighted by Gasteiger charge is -2.24. The number of hydrogen-bond donors (Lipinski definition) is 1. The molecule has 0 radical (unpaired) electrons. The number of ether oxygens (including phenoxy) is 2. The van der Waals surface area contributed by atoms with E-state index in [0.29, 0.717) is 32.7 Å². The standard InChI is InChI=1S/C20H20N2O4/c23-19(16-11-15-5-1-2-7-18(15)26-13-16)21-17-6-3-4-14(10-17)12-22-8-9-25-20(22)24/h1-7,10,16H,8-9,11-13H2,(H,21,23)/t16-/m1/s1. The fourth-order valence-electron chi connectivity index (χ4n) is 3.28. The molecule has 0 aromatic heterocycles. The maximum atomic E-state index is 12.6. The zero-order valence-electron chi connectivity index (χ0n) is 14.3. The van der Waals surface area contributed by atoms with E-state index in [0.717, 1.165) is 22.6 Å². The van der Waals surface area contributed by atoms with Gasteiger partial charge in [-0.3, -0.25) is 4.79 Å². The van der Waals surface area contributed by atoms with Crippen LogP contribution in [0.15, 0.2) is 48.5 Å². The highest BCUT2D eigenvalue weighted by atomic mass is 16.6. The third-order valence-electron chi connectivity index (χ3n) is 4.66. The quantitative estimate of drug-likeness (QED) is 0.919. The number of nitrogens with one attached hydrogen (secondary N) is 1. The fraction of sp³-hybridized carbons (Fsp3) is 0.300. The minimum atomic E-state index is -0.294. The van der Waals surface area contributed by atoms with Crippen LogP contribution in [0, 0.1) is 5.92 Å². The molecule has 1 N–H and O–H groups in total. The minimum absolute atomic E-state index is 0.0581. The maximum Gasteiger partial charge on any atom is 0.410 e. The second-order valence-corrected chi connectivity index (χ2v) is 6.55. The van der Waals surface area contributed by atoms with Crippen LogP contribution < -0.4 is 10.1 Å². The smallest absolute Gasteiger partial charge is 0.410 e. The first kappa shape index (κ1) is 16.4. The number of fused-ring (bicyclic) bond motifs is 1. The summed E-state index contributed by atoms with van der Waals surface area (Å²) in [7, 11) is 0. The molecule has 0 unspecified atom stereocenters. The number of hydrogen-bond acceptors (Lipinski definition) is 4. The largest absolute Gasteiger partial charge is 0.492 e. The molecule has 0 saturated carbocycles. The molecule has 2 aliphatic heterocycles. The van der Waals surface area contributed by atoms with E-state index in [4.69, 9.17) is 9.47 Å². The highest BCUT2D eigenvalue weighted by molar-refractivity contribution is 5.93. The Bertz CT molecular complexity index is 836. The van der Waals surface area contributed by atoms with Crippen LogP contribution in [0.25, 0.3) is 0 Å². The topological polar surface area (TPSA) is 67.9 Å². The van der Waals surface area contributed by atoms with Crippen LogP contribution in [0.1, 0.15) is 11.1 Å². The number of carbonyl (C=O) groups is 2. The average Bonchev–Trinajstić information content (AvgIpc) is 3.06. The first-order valence-corrected chi connectivity index (χ1v) is 8.71. The third kappa shape index (κ3) is 3.49. The van der Waals surface area contributed by atoms with Gasteiger partial charge in [0.15, 0.2) is 0 Å². The molecule has 134 valence electrons. The van der Waals surface area contributed by atoms with Gasteiger partial charge in [-0.25, -0.2) is 4.79 Å². The van der Waals surface area contributed by atoms with Gasteiger partial charge in [-0.1, -0.05) is 30.3 Å². The Kier molecular flexibility index (Phi) is 4.48. The Morgan fingerprint density at radius 2 is 2.04 bits per heavy atom. The molecule has 2 amide bonds. The summed E-state index contributed by atoms with van der Waals surface area (Å²) < 4.78 is 10.6. The van der Waals surface area contributed by atoms with Crippen molar-refractivity contribution in [3.8, 4) is 5.75 Å². The Labute approximate surface area is 151 Å². The number of para-hydroxylation sites is 1. The van der Waals surface area contributed by atoms with E-state index in [-0.39, 0.29) is 17.9 Å². The molecule has 2 aliphatic rings. The van der Waals surface area contributed by atoms with E-state index in [1.165, 1.54) is 0 Å². The summed E-state index contributed by atoms with van der Waals surface area (Å²) in [5.74, 6) is 0.579. The van der Waals surface area contributed by atoms with E-state index in [9.17, 15) is 9.59 Å². The molecule has 2 aromatic carbocycles. The first-order chi connectivity index (χ1) is 12.7. The lowest BCUT2D eigenvalue weighted by atomic mass is 9.96. The molecule has 0 aliphatic carbocycles. The Balaban J connectivity index is 1.40. The molecule has 1 atom stereocenters. The van der Waals surface area contributed by atoms with Crippen molar-refractivity contribution in [2.75, 3.05) is 25.1 Å². The SMILES string of the molecule is O=C(Nc1cccc(CN2CCOC2=O)c1)[C@H]1COc2ccccc2C1. The molecule has 1 fully saturated rings. The van der Waals surface area contributed by atoms with E-state index >= 15 is 0 Å². The molecular formula is C20H20N2O4. The Morgan fingerprint density at radius 3 is 2.88 bits per heavy atom. The molecule has 26 heavy (non-hydrogen) atoms. The summed E-state index contributed by atoms with van der Waals surface area (Å²) in [5, 5.41) is 2.97. The number of carbonyl (C=O) groups excluding carboxylic acids is 2. The summed E-state index contributed by atoms with van der Waals surface area (Å²) in [6, 6.07) is 15.3. The van der Waals surface area contributed by atoms with Gasteiger partial charge < -0.3 is 19.7 Å². The van der Waals surface area contributed by atoms with Crippen LogP contribution in [0.4, 0.5) is 10.5 Å². The third-order valence-corrected chi connectivity index (χ3v) is 4.66.